The van der Waals surface area contributed by atoms with Gasteiger partial charge in [0.1, 0.15) is 0 Å². The van der Waals surface area contributed by atoms with Crippen molar-refractivity contribution in [2.24, 2.45) is 11.3 Å². The first-order valence-corrected chi connectivity index (χ1v) is 8.48. The molecular weight excluding hydrogens is 324 g/mol. The zero-order valence-corrected chi connectivity index (χ0v) is 13.2. The van der Waals surface area contributed by atoms with Crippen molar-refractivity contribution < 1.29 is 23.5 Å². The SMILES string of the molecule is O=C(O)C1CC12CCN(C(=O)CSc1ccc(F)c(F)c1)CC2. The fraction of sp³-hybridized carbons (Fsp3) is 0.500. The van der Waals surface area contributed by atoms with Crippen molar-refractivity contribution in [3.63, 3.8) is 0 Å². The molecule has 1 amide bonds. The molecule has 1 aliphatic heterocycles. The zero-order valence-electron chi connectivity index (χ0n) is 12.4. The lowest BCUT2D eigenvalue weighted by Crippen LogP contribution is -2.40. The third-order valence-electron chi connectivity index (χ3n) is 4.85. The lowest BCUT2D eigenvalue weighted by Gasteiger charge is -2.32. The van der Waals surface area contributed by atoms with Crippen molar-refractivity contribution >= 4 is 23.6 Å². The molecule has 23 heavy (non-hydrogen) atoms. The van der Waals surface area contributed by atoms with Crippen LogP contribution in [0.1, 0.15) is 19.3 Å². The van der Waals surface area contributed by atoms with Gasteiger partial charge in [-0.1, -0.05) is 0 Å². The molecule has 1 unspecified atom stereocenters. The highest BCUT2D eigenvalue weighted by molar-refractivity contribution is 8.00. The van der Waals surface area contributed by atoms with Crippen LogP contribution in [0.25, 0.3) is 0 Å². The van der Waals surface area contributed by atoms with E-state index in [9.17, 15) is 18.4 Å². The van der Waals surface area contributed by atoms with Crippen molar-refractivity contribution in [3.8, 4) is 0 Å². The summed E-state index contributed by atoms with van der Waals surface area (Å²) in [4.78, 5) is 25.5. The number of carboxylic acid groups (broad SMARTS) is 1. The molecule has 1 N–H and O–H groups in total. The molecule has 7 heteroatoms. The number of likely N-dealkylation sites (tertiary alicyclic amines) is 1. The summed E-state index contributed by atoms with van der Waals surface area (Å²) >= 11 is 1.17. The number of nitrogens with zero attached hydrogens (tertiary/aromatic N) is 1. The number of carbonyl (C=O) groups is 2. The van der Waals surface area contributed by atoms with Crippen LogP contribution in [-0.4, -0.2) is 40.7 Å². The van der Waals surface area contributed by atoms with Crippen LogP contribution in [0.2, 0.25) is 0 Å². The van der Waals surface area contributed by atoms with Crippen LogP contribution in [0.15, 0.2) is 23.1 Å². The Bertz CT molecular complexity index is 644. The maximum absolute atomic E-state index is 13.1. The number of thioether (sulfide) groups is 1. The van der Waals surface area contributed by atoms with Gasteiger partial charge in [-0.05, 0) is 42.9 Å². The van der Waals surface area contributed by atoms with Gasteiger partial charge in [0.05, 0.1) is 11.7 Å². The number of rotatable bonds is 4. The largest absolute Gasteiger partial charge is 0.481 e. The smallest absolute Gasteiger partial charge is 0.307 e. The number of carbonyl (C=O) groups excluding carboxylic acids is 1. The van der Waals surface area contributed by atoms with Crippen molar-refractivity contribution in [2.45, 2.75) is 24.2 Å². The first-order chi connectivity index (χ1) is 10.9. The summed E-state index contributed by atoms with van der Waals surface area (Å²) in [5.41, 5.74) is -0.101. The lowest BCUT2D eigenvalue weighted by atomic mass is 9.91. The highest BCUT2D eigenvalue weighted by atomic mass is 32.2. The molecule has 1 saturated carbocycles. The van der Waals surface area contributed by atoms with E-state index in [-0.39, 0.29) is 23.0 Å². The summed E-state index contributed by atoms with van der Waals surface area (Å²) < 4.78 is 26.0. The Morgan fingerprint density at radius 3 is 2.52 bits per heavy atom. The lowest BCUT2D eigenvalue weighted by molar-refractivity contribution is -0.139. The van der Waals surface area contributed by atoms with Gasteiger partial charge in [0, 0.05) is 18.0 Å². The molecule has 1 heterocycles. The van der Waals surface area contributed by atoms with Gasteiger partial charge < -0.3 is 10.0 Å². The summed E-state index contributed by atoms with van der Waals surface area (Å²) in [6, 6.07) is 3.58. The van der Waals surface area contributed by atoms with E-state index in [1.165, 1.54) is 17.8 Å². The highest BCUT2D eigenvalue weighted by Crippen LogP contribution is 2.59. The fourth-order valence-electron chi connectivity index (χ4n) is 3.25. The summed E-state index contributed by atoms with van der Waals surface area (Å²) in [5.74, 6) is -2.70. The molecule has 3 rings (SSSR count). The van der Waals surface area contributed by atoms with Crippen molar-refractivity contribution in [3.05, 3.63) is 29.8 Å². The molecule has 124 valence electrons. The number of aliphatic carboxylic acids is 1. The molecular formula is C16H17F2NO3S. The minimum Gasteiger partial charge on any atom is -0.481 e. The molecule has 0 radical (unpaired) electrons. The molecule has 1 aromatic carbocycles. The van der Waals surface area contributed by atoms with Gasteiger partial charge in [-0.15, -0.1) is 11.8 Å². The first kappa shape index (κ1) is 16.2. The average molecular weight is 341 g/mol. The van der Waals surface area contributed by atoms with Crippen LogP contribution in [0.3, 0.4) is 0 Å². The van der Waals surface area contributed by atoms with Crippen molar-refractivity contribution in [1.82, 2.24) is 4.90 Å². The summed E-state index contributed by atoms with van der Waals surface area (Å²) in [7, 11) is 0. The number of benzene rings is 1. The Morgan fingerprint density at radius 1 is 1.26 bits per heavy atom. The van der Waals surface area contributed by atoms with Gasteiger partial charge in [-0.25, -0.2) is 8.78 Å². The van der Waals surface area contributed by atoms with E-state index < -0.39 is 17.6 Å². The van der Waals surface area contributed by atoms with E-state index >= 15 is 0 Å². The van der Waals surface area contributed by atoms with Crippen LogP contribution in [-0.2, 0) is 9.59 Å². The number of hydrogen-bond acceptors (Lipinski definition) is 3. The maximum Gasteiger partial charge on any atom is 0.307 e. The predicted molar refractivity (Wildman–Crippen MR) is 81.1 cm³/mol. The minimum absolute atomic E-state index is 0.0536. The normalized spacial score (nSPS) is 22.2. The Labute approximate surface area is 136 Å². The second-order valence-electron chi connectivity index (χ2n) is 6.20. The summed E-state index contributed by atoms with van der Waals surface area (Å²) in [6.07, 6.45) is 2.17. The van der Waals surface area contributed by atoms with Gasteiger partial charge in [-0.2, -0.15) is 0 Å². The van der Waals surface area contributed by atoms with Crippen LogP contribution in [0.4, 0.5) is 8.78 Å². The number of amides is 1. The van der Waals surface area contributed by atoms with E-state index in [1.807, 2.05) is 0 Å². The van der Waals surface area contributed by atoms with Gasteiger partial charge in [-0.3, -0.25) is 9.59 Å². The highest BCUT2D eigenvalue weighted by Gasteiger charge is 2.59. The maximum atomic E-state index is 13.1. The Kier molecular flexibility index (Phi) is 4.31. The Hall–Kier alpha value is -1.63. The molecule has 0 aromatic heterocycles. The Balaban J connectivity index is 1.48. The van der Waals surface area contributed by atoms with Crippen molar-refractivity contribution in [1.29, 1.82) is 0 Å². The standard InChI is InChI=1S/C16H17F2NO3S/c17-12-2-1-10(7-13(12)18)23-9-14(20)19-5-3-16(4-6-19)8-11(16)15(21)22/h1-2,7,11H,3-6,8-9H2,(H,21,22). The quantitative estimate of drug-likeness (QED) is 0.856. The van der Waals surface area contributed by atoms with Crippen molar-refractivity contribution in [2.75, 3.05) is 18.8 Å². The summed E-state index contributed by atoms with van der Waals surface area (Å²) in [5, 5.41) is 9.06. The number of hydrogen-bond donors (Lipinski definition) is 1. The van der Waals surface area contributed by atoms with E-state index in [4.69, 9.17) is 5.11 Å². The molecule has 1 aliphatic carbocycles. The van der Waals surface area contributed by atoms with Gasteiger partial charge >= 0.3 is 5.97 Å². The van der Waals surface area contributed by atoms with Gasteiger partial charge in [0.2, 0.25) is 5.91 Å². The van der Waals surface area contributed by atoms with E-state index in [1.54, 1.807) is 4.90 Å². The zero-order chi connectivity index (χ0) is 16.6. The van der Waals surface area contributed by atoms with Crippen LogP contribution >= 0.6 is 11.8 Å². The third kappa shape index (κ3) is 3.34. The van der Waals surface area contributed by atoms with E-state index in [0.717, 1.165) is 25.0 Å². The monoisotopic (exact) mass is 341 g/mol. The van der Waals surface area contributed by atoms with Crippen LogP contribution < -0.4 is 0 Å². The van der Waals surface area contributed by atoms with E-state index in [2.05, 4.69) is 0 Å². The molecule has 2 fully saturated rings. The topological polar surface area (TPSA) is 57.6 Å². The third-order valence-corrected chi connectivity index (χ3v) is 5.83. The molecule has 1 saturated heterocycles. The van der Waals surface area contributed by atoms with Gasteiger partial charge in [0.15, 0.2) is 11.6 Å². The molecule has 0 bridgehead atoms. The average Bonchev–Trinajstić information content (AvgIpc) is 3.23. The molecule has 4 nitrogen and oxygen atoms in total. The summed E-state index contributed by atoms with van der Waals surface area (Å²) in [6.45, 7) is 1.14. The number of carboxylic acids is 1. The fourth-order valence-corrected chi connectivity index (χ4v) is 4.08. The first-order valence-electron chi connectivity index (χ1n) is 7.50. The van der Waals surface area contributed by atoms with E-state index in [0.29, 0.717) is 24.4 Å². The molecule has 1 aromatic rings. The van der Waals surface area contributed by atoms with Crippen LogP contribution in [0.5, 0.6) is 0 Å². The van der Waals surface area contributed by atoms with Gasteiger partial charge in [0.25, 0.3) is 0 Å². The second-order valence-corrected chi connectivity index (χ2v) is 7.25. The number of halogens is 2. The minimum atomic E-state index is -0.921. The Morgan fingerprint density at radius 2 is 1.96 bits per heavy atom. The molecule has 1 atom stereocenters. The predicted octanol–water partition coefficient (Wildman–Crippen LogP) is 2.77. The number of piperidine rings is 1. The molecule has 1 spiro atoms. The molecule has 2 aliphatic rings. The second kappa shape index (κ2) is 6.11. The van der Waals surface area contributed by atoms with Crippen LogP contribution in [0, 0.1) is 23.0 Å².